The molecule has 8 nitrogen and oxygen atoms in total. The van der Waals surface area contributed by atoms with Crippen molar-refractivity contribution in [1.29, 1.82) is 0 Å². The Morgan fingerprint density at radius 1 is 1.29 bits per heavy atom. The quantitative estimate of drug-likeness (QED) is 0.401. The van der Waals surface area contributed by atoms with E-state index in [1.807, 2.05) is 0 Å². The van der Waals surface area contributed by atoms with E-state index in [9.17, 15) is 19.5 Å². The maximum Gasteiger partial charge on any atom is 0.312 e. The van der Waals surface area contributed by atoms with Crippen LogP contribution < -0.4 is 4.90 Å². The first-order valence-corrected chi connectivity index (χ1v) is 11.8. The van der Waals surface area contributed by atoms with E-state index in [0.29, 0.717) is 30.0 Å². The number of benzene rings is 1. The second-order valence-corrected chi connectivity index (χ2v) is 9.23. The number of hydrogen-bond acceptors (Lipinski definition) is 6. The smallest absolute Gasteiger partial charge is 0.312 e. The molecular weight excluding hydrogens is 460 g/mol. The molecule has 2 bridgehead atoms. The first-order chi connectivity index (χ1) is 16.4. The highest BCUT2D eigenvalue weighted by Gasteiger charge is 2.75. The number of amides is 2. The number of likely N-dealkylation sites (tertiary alicyclic amines) is 1. The Balaban J connectivity index is 1.73. The van der Waals surface area contributed by atoms with Crippen molar-refractivity contribution in [3.63, 3.8) is 0 Å². The van der Waals surface area contributed by atoms with E-state index in [4.69, 9.17) is 21.1 Å². The van der Waals surface area contributed by atoms with Gasteiger partial charge in [0.25, 0.3) is 5.91 Å². The van der Waals surface area contributed by atoms with Gasteiger partial charge < -0.3 is 24.4 Å². The Morgan fingerprint density at radius 3 is 2.68 bits per heavy atom. The van der Waals surface area contributed by atoms with Crippen LogP contribution in [0.1, 0.15) is 19.3 Å². The highest BCUT2D eigenvalue weighted by Crippen LogP contribution is 2.58. The number of fused-ring (bicyclic) bond motifs is 1. The van der Waals surface area contributed by atoms with E-state index in [2.05, 4.69) is 13.2 Å². The number of hydrogen-bond donors (Lipinski definition) is 1. The SMILES string of the molecule is C=CCOC(=O)[C@@H]1[C@H]2C(=O)N(CCCO)C(C(=O)N(CC=C)c3ccc(Cl)cc3)C23CC[C@H]1O3. The summed E-state index contributed by atoms with van der Waals surface area (Å²) in [7, 11) is 0. The minimum Gasteiger partial charge on any atom is -0.461 e. The highest BCUT2D eigenvalue weighted by molar-refractivity contribution is 6.30. The number of carbonyl (C=O) groups is 3. The van der Waals surface area contributed by atoms with Crippen LogP contribution in [-0.2, 0) is 23.9 Å². The van der Waals surface area contributed by atoms with Crippen LogP contribution in [-0.4, -0.2) is 71.8 Å². The molecule has 0 saturated carbocycles. The predicted molar refractivity (Wildman–Crippen MR) is 126 cm³/mol. The number of halogens is 1. The molecule has 2 amide bonds. The van der Waals surface area contributed by atoms with Gasteiger partial charge in [0.1, 0.15) is 18.2 Å². The zero-order valence-electron chi connectivity index (χ0n) is 18.9. The molecule has 3 saturated heterocycles. The molecule has 4 rings (SSSR count). The molecule has 1 aromatic rings. The molecule has 0 aliphatic carbocycles. The summed E-state index contributed by atoms with van der Waals surface area (Å²) in [5.74, 6) is -2.74. The molecular formula is C25H29ClN2O6. The minimum absolute atomic E-state index is 0.0379. The molecule has 5 atom stereocenters. The van der Waals surface area contributed by atoms with Crippen molar-refractivity contribution in [2.45, 2.75) is 37.0 Å². The average molecular weight is 489 g/mol. The Bertz CT molecular complexity index is 982. The molecule has 182 valence electrons. The number of aliphatic hydroxyl groups excluding tert-OH is 1. The molecule has 9 heteroatoms. The monoisotopic (exact) mass is 488 g/mol. The lowest BCUT2D eigenvalue weighted by Crippen LogP contribution is -2.56. The van der Waals surface area contributed by atoms with Crippen LogP contribution in [0.15, 0.2) is 49.6 Å². The van der Waals surface area contributed by atoms with Crippen molar-refractivity contribution < 1.29 is 29.0 Å². The van der Waals surface area contributed by atoms with E-state index < -0.39 is 35.6 Å². The van der Waals surface area contributed by atoms with E-state index >= 15 is 0 Å². The highest BCUT2D eigenvalue weighted by atomic mass is 35.5. The second kappa shape index (κ2) is 9.90. The molecule has 1 N–H and O–H groups in total. The van der Waals surface area contributed by atoms with Gasteiger partial charge in [0, 0.05) is 30.4 Å². The second-order valence-electron chi connectivity index (χ2n) is 8.80. The van der Waals surface area contributed by atoms with Gasteiger partial charge in [-0.25, -0.2) is 0 Å². The third-order valence-corrected chi connectivity index (χ3v) is 7.17. The number of rotatable bonds is 10. The van der Waals surface area contributed by atoms with E-state index in [1.165, 1.54) is 11.0 Å². The summed E-state index contributed by atoms with van der Waals surface area (Å²) < 4.78 is 11.6. The molecule has 3 aliphatic heterocycles. The minimum atomic E-state index is -1.13. The van der Waals surface area contributed by atoms with Crippen LogP contribution in [0.4, 0.5) is 5.69 Å². The summed E-state index contributed by atoms with van der Waals surface area (Å²) >= 11 is 6.03. The molecule has 0 aromatic heterocycles. The standard InChI is InChI=1S/C25H29ClN2O6/c1-3-12-27(17-8-6-16(26)7-9-17)23(31)21-25-11-10-18(34-25)19(24(32)33-15-4-2)20(25)22(30)28(21)13-5-14-29/h3-4,6-9,18-21,29H,1-2,5,10-15H2/t18-,19+,20+,21?,25?/m1/s1. The third kappa shape index (κ3) is 3.93. The van der Waals surface area contributed by atoms with Crippen molar-refractivity contribution in [1.82, 2.24) is 4.90 Å². The Labute approximate surface area is 203 Å². The normalized spacial score (nSPS) is 29.1. The summed E-state index contributed by atoms with van der Waals surface area (Å²) in [6, 6.07) is 5.91. The Kier molecular flexibility index (Phi) is 7.12. The van der Waals surface area contributed by atoms with Gasteiger partial charge in [0.2, 0.25) is 5.91 Å². The fourth-order valence-electron chi connectivity index (χ4n) is 5.64. The fourth-order valence-corrected chi connectivity index (χ4v) is 5.77. The van der Waals surface area contributed by atoms with Crippen molar-refractivity contribution in [3.8, 4) is 0 Å². The van der Waals surface area contributed by atoms with Crippen molar-refractivity contribution in [2.24, 2.45) is 11.8 Å². The van der Waals surface area contributed by atoms with Crippen molar-refractivity contribution in [2.75, 3.05) is 31.2 Å². The summed E-state index contributed by atoms with van der Waals surface area (Å²) in [4.78, 5) is 43.7. The van der Waals surface area contributed by atoms with Gasteiger partial charge >= 0.3 is 5.97 Å². The Hall–Kier alpha value is -2.68. The summed E-state index contributed by atoms with van der Waals surface area (Å²) in [5.41, 5.74) is -0.518. The van der Waals surface area contributed by atoms with E-state index in [1.54, 1.807) is 35.2 Å². The largest absolute Gasteiger partial charge is 0.461 e. The lowest BCUT2D eigenvalue weighted by atomic mass is 9.70. The molecule has 1 aromatic carbocycles. The maximum absolute atomic E-state index is 14.1. The van der Waals surface area contributed by atoms with Crippen LogP contribution in [0, 0.1) is 11.8 Å². The first-order valence-electron chi connectivity index (χ1n) is 11.4. The van der Waals surface area contributed by atoms with Crippen molar-refractivity contribution >= 4 is 35.1 Å². The molecule has 34 heavy (non-hydrogen) atoms. The molecule has 3 fully saturated rings. The average Bonchev–Trinajstić information content (AvgIpc) is 3.47. The van der Waals surface area contributed by atoms with Crippen LogP contribution in [0.2, 0.25) is 5.02 Å². The topological polar surface area (TPSA) is 96.4 Å². The fraction of sp³-hybridized carbons (Fsp3) is 0.480. The summed E-state index contributed by atoms with van der Waals surface area (Å²) in [5, 5.41) is 9.97. The van der Waals surface area contributed by atoms with Gasteiger partial charge in [0.15, 0.2) is 0 Å². The zero-order valence-corrected chi connectivity index (χ0v) is 19.7. The molecule has 3 aliphatic rings. The summed E-state index contributed by atoms with van der Waals surface area (Å²) in [6.07, 6.45) is 3.93. The van der Waals surface area contributed by atoms with E-state index in [0.717, 1.165) is 0 Å². The Morgan fingerprint density at radius 2 is 2.03 bits per heavy atom. The number of nitrogens with zero attached hydrogens (tertiary/aromatic N) is 2. The zero-order chi connectivity index (χ0) is 24.5. The molecule has 1 spiro atoms. The maximum atomic E-state index is 14.1. The first kappa shape index (κ1) is 24.4. The van der Waals surface area contributed by atoms with Crippen LogP contribution in [0.25, 0.3) is 0 Å². The number of ether oxygens (including phenoxy) is 2. The summed E-state index contributed by atoms with van der Waals surface area (Å²) in [6.45, 7) is 7.64. The number of carbonyl (C=O) groups excluding carboxylic acids is 3. The van der Waals surface area contributed by atoms with Gasteiger partial charge in [-0.15, -0.1) is 6.58 Å². The van der Waals surface area contributed by atoms with Gasteiger partial charge in [-0.1, -0.05) is 30.3 Å². The van der Waals surface area contributed by atoms with Crippen LogP contribution in [0.5, 0.6) is 0 Å². The van der Waals surface area contributed by atoms with Gasteiger partial charge in [-0.3, -0.25) is 14.4 Å². The van der Waals surface area contributed by atoms with Crippen LogP contribution in [0.3, 0.4) is 0 Å². The lowest BCUT2D eigenvalue weighted by Gasteiger charge is -2.36. The number of anilines is 1. The van der Waals surface area contributed by atoms with Gasteiger partial charge in [-0.05, 0) is 43.5 Å². The number of aliphatic hydroxyl groups is 1. The van der Waals surface area contributed by atoms with E-state index in [-0.39, 0.29) is 38.1 Å². The molecule has 0 radical (unpaired) electrons. The predicted octanol–water partition coefficient (Wildman–Crippen LogP) is 2.35. The number of esters is 1. The lowest BCUT2D eigenvalue weighted by molar-refractivity contribution is -0.154. The van der Waals surface area contributed by atoms with Crippen molar-refractivity contribution in [3.05, 3.63) is 54.6 Å². The molecule has 3 heterocycles. The van der Waals surface area contributed by atoms with Crippen LogP contribution >= 0.6 is 11.6 Å². The van der Waals surface area contributed by atoms with Gasteiger partial charge in [-0.2, -0.15) is 0 Å². The molecule has 2 unspecified atom stereocenters. The third-order valence-electron chi connectivity index (χ3n) is 6.92. The van der Waals surface area contributed by atoms with Gasteiger partial charge in [0.05, 0.1) is 17.9 Å².